The van der Waals surface area contributed by atoms with Crippen molar-refractivity contribution in [2.75, 3.05) is 29.7 Å². The van der Waals surface area contributed by atoms with Crippen LogP contribution in [0.25, 0.3) is 0 Å². The van der Waals surface area contributed by atoms with Crippen molar-refractivity contribution in [1.29, 1.82) is 0 Å². The van der Waals surface area contributed by atoms with Crippen LogP contribution in [0.3, 0.4) is 0 Å². The van der Waals surface area contributed by atoms with Crippen molar-refractivity contribution in [2.45, 2.75) is 75.0 Å². The Hall–Kier alpha value is -0.680. The number of hydrogen-bond donors (Lipinski definition) is 1. The molecule has 1 aromatic carbocycles. The van der Waals surface area contributed by atoms with Gasteiger partial charge in [-0.25, -0.2) is 0 Å². The van der Waals surface area contributed by atoms with Crippen LogP contribution in [0.15, 0.2) is 40.8 Å². The number of thioether (sulfide) groups is 1. The summed E-state index contributed by atoms with van der Waals surface area (Å²) in [6.07, 6.45) is 8.85. The van der Waals surface area contributed by atoms with E-state index in [0.717, 1.165) is 50.9 Å². The van der Waals surface area contributed by atoms with Gasteiger partial charge in [-0.05, 0) is 97.5 Å². The summed E-state index contributed by atoms with van der Waals surface area (Å²) in [4.78, 5) is 16.0. The molecule has 1 N–H and O–H groups in total. The fraction of sp³-hybridized carbons (Fsp3) is 0.690. The van der Waals surface area contributed by atoms with Crippen LogP contribution in [0.2, 0.25) is 0 Å². The van der Waals surface area contributed by atoms with E-state index < -0.39 is 0 Å². The van der Waals surface area contributed by atoms with Crippen molar-refractivity contribution in [1.82, 2.24) is 0 Å². The largest absolute Gasteiger partial charge is 0.393 e. The van der Waals surface area contributed by atoms with Gasteiger partial charge in [0.2, 0.25) is 0 Å². The Kier molecular flexibility index (Phi) is 7.59. The van der Waals surface area contributed by atoms with E-state index >= 15 is 0 Å². The predicted octanol–water partition coefficient (Wildman–Crippen LogP) is 6.93. The topological polar surface area (TPSA) is 40.5 Å². The van der Waals surface area contributed by atoms with E-state index in [9.17, 15) is 9.90 Å². The van der Waals surface area contributed by atoms with E-state index in [2.05, 4.69) is 43.0 Å². The van der Waals surface area contributed by atoms with Crippen LogP contribution >= 0.6 is 35.0 Å². The number of carbonyl (C=O) groups excluding carboxylic acids is 1. The van der Waals surface area contributed by atoms with E-state index in [-0.39, 0.29) is 16.9 Å². The molecule has 0 radical (unpaired) electrons. The fourth-order valence-electron chi connectivity index (χ4n) is 8.08. The van der Waals surface area contributed by atoms with Crippen LogP contribution in [0, 0.1) is 28.6 Å². The maximum Gasteiger partial charge on any atom is 0.155 e. The number of aliphatic hydroxyl groups excluding tert-OH is 1. The second-order valence-electron chi connectivity index (χ2n) is 11.7. The Morgan fingerprint density at radius 1 is 1.03 bits per heavy atom. The van der Waals surface area contributed by atoms with Crippen molar-refractivity contribution in [3.63, 3.8) is 0 Å². The molecule has 0 spiro atoms. The number of anilines is 1. The zero-order valence-electron chi connectivity index (χ0n) is 21.0. The molecule has 0 aliphatic heterocycles. The van der Waals surface area contributed by atoms with Gasteiger partial charge < -0.3 is 10.0 Å². The SMILES string of the molecule is C[C@]12CCC(=O)C=C1CC(Sc1ccc(N(CCCl)CCCl)cc1)[C@@H]1[C@@H]2CC[C@]2(C)C(O)CC[C@@H]12. The molecule has 3 nitrogen and oxygen atoms in total. The second-order valence-corrected chi connectivity index (χ2v) is 13.8. The van der Waals surface area contributed by atoms with Crippen molar-refractivity contribution in [3.8, 4) is 0 Å². The minimum Gasteiger partial charge on any atom is -0.393 e. The van der Waals surface area contributed by atoms with Gasteiger partial charge in [0.25, 0.3) is 0 Å². The maximum atomic E-state index is 12.4. The van der Waals surface area contributed by atoms with E-state index in [1.165, 1.54) is 16.9 Å². The lowest BCUT2D eigenvalue weighted by molar-refractivity contribution is -0.117. The van der Waals surface area contributed by atoms with Crippen molar-refractivity contribution in [3.05, 3.63) is 35.9 Å². The number of halogens is 2. The average Bonchev–Trinajstić information content (AvgIpc) is 3.15. The minimum atomic E-state index is -0.175. The lowest BCUT2D eigenvalue weighted by Gasteiger charge is -2.60. The summed E-state index contributed by atoms with van der Waals surface area (Å²) in [7, 11) is 0. The van der Waals surface area contributed by atoms with Crippen molar-refractivity contribution in [2.24, 2.45) is 28.6 Å². The van der Waals surface area contributed by atoms with Crippen LogP contribution in [0.4, 0.5) is 5.69 Å². The van der Waals surface area contributed by atoms with Gasteiger partial charge in [-0.1, -0.05) is 19.4 Å². The van der Waals surface area contributed by atoms with Gasteiger partial charge in [0.15, 0.2) is 5.78 Å². The number of hydrogen-bond acceptors (Lipinski definition) is 4. The summed E-state index contributed by atoms with van der Waals surface area (Å²) in [5, 5.41) is 11.4. The summed E-state index contributed by atoms with van der Waals surface area (Å²) in [6, 6.07) is 8.87. The minimum absolute atomic E-state index is 0.0372. The highest BCUT2D eigenvalue weighted by Crippen LogP contribution is 2.67. The number of allylic oxidation sites excluding steroid dienone is 1. The van der Waals surface area contributed by atoms with Crippen LogP contribution in [0.5, 0.6) is 0 Å². The molecule has 3 fully saturated rings. The normalized spacial score (nSPS) is 38.4. The predicted molar refractivity (Wildman–Crippen MR) is 148 cm³/mol. The molecule has 0 saturated heterocycles. The number of rotatable bonds is 7. The maximum absolute atomic E-state index is 12.4. The van der Waals surface area contributed by atoms with E-state index in [1.54, 1.807) is 0 Å². The van der Waals surface area contributed by atoms with Gasteiger partial charge in [-0.2, -0.15) is 0 Å². The molecule has 192 valence electrons. The van der Waals surface area contributed by atoms with Gasteiger partial charge in [-0.15, -0.1) is 35.0 Å². The van der Waals surface area contributed by atoms with Gasteiger partial charge in [0, 0.05) is 47.1 Å². The molecular formula is C29H39Cl2NO2S. The molecule has 0 amide bonds. The average molecular weight is 537 g/mol. The fourth-order valence-corrected chi connectivity index (χ4v) is 9.93. The Morgan fingerprint density at radius 3 is 2.43 bits per heavy atom. The monoisotopic (exact) mass is 535 g/mol. The van der Waals surface area contributed by atoms with Crippen molar-refractivity contribution < 1.29 is 9.90 Å². The quantitative estimate of drug-likeness (QED) is 0.384. The van der Waals surface area contributed by atoms with E-state index in [1.807, 2.05) is 17.8 Å². The van der Waals surface area contributed by atoms with Gasteiger partial charge in [0.1, 0.15) is 0 Å². The molecular weight excluding hydrogens is 497 g/mol. The smallest absolute Gasteiger partial charge is 0.155 e. The number of carbonyl (C=O) groups is 1. The molecule has 0 aromatic heterocycles. The summed E-state index contributed by atoms with van der Waals surface area (Å²) < 4.78 is 0. The number of benzene rings is 1. The van der Waals surface area contributed by atoms with Crippen molar-refractivity contribution >= 4 is 46.4 Å². The number of ketones is 1. The Morgan fingerprint density at radius 2 is 1.74 bits per heavy atom. The van der Waals surface area contributed by atoms with Crippen LogP contribution in [-0.4, -0.2) is 47.1 Å². The molecule has 3 saturated carbocycles. The van der Waals surface area contributed by atoms with Gasteiger partial charge >= 0.3 is 0 Å². The molecule has 0 heterocycles. The molecule has 1 aromatic rings. The van der Waals surface area contributed by atoms with Crippen LogP contribution in [0.1, 0.15) is 58.8 Å². The van der Waals surface area contributed by atoms with Gasteiger partial charge in [-0.3, -0.25) is 4.79 Å². The summed E-state index contributed by atoms with van der Waals surface area (Å²) in [5.74, 6) is 3.20. The number of alkyl halides is 2. The third kappa shape index (κ3) is 4.60. The molecule has 2 unspecified atom stereocenters. The van der Waals surface area contributed by atoms with Gasteiger partial charge in [0.05, 0.1) is 6.10 Å². The first-order valence-corrected chi connectivity index (χ1v) is 15.3. The van der Waals surface area contributed by atoms with Crippen LogP contribution < -0.4 is 4.90 Å². The molecule has 4 aliphatic rings. The molecule has 6 heteroatoms. The molecule has 7 atom stereocenters. The summed E-state index contributed by atoms with van der Waals surface area (Å²) in [5.41, 5.74) is 2.73. The Bertz CT molecular complexity index is 962. The number of aliphatic hydroxyl groups is 1. The summed E-state index contributed by atoms with van der Waals surface area (Å²) in [6.45, 7) is 6.37. The first kappa shape index (κ1) is 25.9. The zero-order valence-corrected chi connectivity index (χ0v) is 23.3. The van der Waals surface area contributed by atoms with E-state index in [4.69, 9.17) is 23.2 Å². The highest BCUT2D eigenvalue weighted by molar-refractivity contribution is 8.00. The molecule has 5 rings (SSSR count). The summed E-state index contributed by atoms with van der Waals surface area (Å²) >= 11 is 14.0. The molecule has 4 aliphatic carbocycles. The highest BCUT2D eigenvalue weighted by atomic mass is 35.5. The van der Waals surface area contributed by atoms with E-state index in [0.29, 0.717) is 47.0 Å². The number of nitrogens with zero attached hydrogens (tertiary/aromatic N) is 1. The lowest BCUT2D eigenvalue weighted by Crippen LogP contribution is -2.55. The Balaban J connectivity index is 1.44. The zero-order chi connectivity index (χ0) is 24.8. The standard InChI is InChI=1S/C29H39Cl2NO2S/c1-28-11-9-21(33)17-19(28)18-25(27-23-7-8-26(34)29(23,2)12-10-24(27)28)35-22-5-3-20(4-6-22)32(15-13-30)16-14-31/h3-6,17,23-27,34H,7-16,18H2,1-2H3/t23-,24-,25?,26?,27-,28-,29-/m0/s1. The first-order chi connectivity index (χ1) is 16.8. The Labute approximate surface area is 225 Å². The second kappa shape index (κ2) is 10.2. The number of fused-ring (bicyclic) bond motifs is 5. The molecule has 0 bridgehead atoms. The molecule has 35 heavy (non-hydrogen) atoms. The third-order valence-corrected chi connectivity index (χ3v) is 11.8. The highest BCUT2D eigenvalue weighted by Gasteiger charge is 2.61. The first-order valence-electron chi connectivity index (χ1n) is 13.4. The lowest BCUT2D eigenvalue weighted by atomic mass is 9.47. The third-order valence-electron chi connectivity index (χ3n) is 10.1. The van der Waals surface area contributed by atoms with Crippen LogP contribution in [-0.2, 0) is 4.79 Å².